The highest BCUT2D eigenvalue weighted by atomic mass is 19.4. The van der Waals surface area contributed by atoms with E-state index in [2.05, 4.69) is 4.79 Å². The summed E-state index contributed by atoms with van der Waals surface area (Å²) in [5.41, 5.74) is 6.74. The van der Waals surface area contributed by atoms with Crippen molar-refractivity contribution in [1.29, 1.82) is 0 Å². The highest BCUT2D eigenvalue weighted by Gasteiger charge is 2.45. The predicted octanol–water partition coefficient (Wildman–Crippen LogP) is 2.27. The van der Waals surface area contributed by atoms with Crippen LogP contribution in [0, 0.1) is 0 Å². The van der Waals surface area contributed by atoms with E-state index in [0.29, 0.717) is 0 Å². The van der Waals surface area contributed by atoms with Crippen molar-refractivity contribution in [3.05, 3.63) is 41.4 Å². The first-order valence-corrected chi connectivity index (χ1v) is 3.40. The SMILES string of the molecule is [N-]=[N+]=C(c1ccccc1)C(F)(F)F. The maximum absolute atomic E-state index is 12.1. The molecular weight excluding hydrogens is 181 g/mol. The summed E-state index contributed by atoms with van der Waals surface area (Å²) in [7, 11) is 0. The molecule has 2 nitrogen and oxygen atoms in total. The minimum atomic E-state index is -4.63. The molecule has 0 aromatic heterocycles. The van der Waals surface area contributed by atoms with Crippen molar-refractivity contribution in [1.82, 2.24) is 0 Å². The molecule has 5 heteroatoms. The summed E-state index contributed by atoms with van der Waals surface area (Å²) in [4.78, 5) is 2.22. The third-order valence-electron chi connectivity index (χ3n) is 1.42. The Kier molecular flexibility index (Phi) is 2.49. The van der Waals surface area contributed by atoms with Crippen LogP contribution < -0.4 is 0 Å². The maximum Gasteiger partial charge on any atom is 0.495 e. The average Bonchev–Trinajstić information content (AvgIpc) is 2.05. The normalized spacial score (nSPS) is 10.7. The second-order valence-electron chi connectivity index (χ2n) is 2.31. The molecule has 0 amide bonds. The van der Waals surface area contributed by atoms with E-state index < -0.39 is 11.9 Å². The van der Waals surface area contributed by atoms with Crippen molar-refractivity contribution in [3.63, 3.8) is 0 Å². The van der Waals surface area contributed by atoms with Gasteiger partial charge in [-0.1, -0.05) is 18.2 Å². The molecule has 68 valence electrons. The Morgan fingerprint density at radius 3 is 2.08 bits per heavy atom. The van der Waals surface area contributed by atoms with E-state index in [0.717, 1.165) is 0 Å². The monoisotopic (exact) mass is 186 g/mol. The molecule has 0 saturated carbocycles. The van der Waals surface area contributed by atoms with Crippen LogP contribution in [-0.2, 0) is 0 Å². The molecule has 1 aromatic rings. The quantitative estimate of drug-likeness (QED) is 0.366. The Hall–Kier alpha value is -1.61. The standard InChI is InChI=1S/C8H5F3N2/c9-8(10,11)7(13-12)6-4-2-1-3-5-6/h1-5H. The van der Waals surface area contributed by atoms with Gasteiger partial charge in [-0.3, -0.25) is 0 Å². The smallest absolute Gasteiger partial charge is 0.361 e. The summed E-state index contributed by atoms with van der Waals surface area (Å²) in [6.45, 7) is 0. The molecule has 1 rings (SSSR count). The summed E-state index contributed by atoms with van der Waals surface area (Å²) in [6.07, 6.45) is -4.63. The van der Waals surface area contributed by atoms with Crippen molar-refractivity contribution in [2.24, 2.45) is 0 Å². The highest BCUT2D eigenvalue weighted by Crippen LogP contribution is 2.20. The molecule has 0 unspecified atom stereocenters. The Morgan fingerprint density at radius 2 is 1.69 bits per heavy atom. The van der Waals surface area contributed by atoms with Gasteiger partial charge in [0.15, 0.2) is 0 Å². The lowest BCUT2D eigenvalue weighted by molar-refractivity contribution is -0.111. The number of rotatable bonds is 1. The van der Waals surface area contributed by atoms with Crippen LogP contribution in [0.5, 0.6) is 0 Å². The first-order chi connectivity index (χ1) is 6.05. The topological polar surface area (TPSA) is 36.4 Å². The average molecular weight is 186 g/mol. The van der Waals surface area contributed by atoms with Gasteiger partial charge in [0.25, 0.3) is 0 Å². The molecular formula is C8H5F3N2. The minimum Gasteiger partial charge on any atom is -0.361 e. The Labute approximate surface area is 72.2 Å². The van der Waals surface area contributed by atoms with E-state index in [-0.39, 0.29) is 5.56 Å². The second kappa shape index (κ2) is 3.41. The molecule has 0 heterocycles. The fourth-order valence-electron chi connectivity index (χ4n) is 0.874. The summed E-state index contributed by atoms with van der Waals surface area (Å²) < 4.78 is 36.3. The highest BCUT2D eigenvalue weighted by molar-refractivity contribution is 6.00. The Balaban J connectivity index is 3.15. The van der Waals surface area contributed by atoms with E-state index in [4.69, 9.17) is 5.53 Å². The molecule has 13 heavy (non-hydrogen) atoms. The van der Waals surface area contributed by atoms with Crippen LogP contribution >= 0.6 is 0 Å². The van der Waals surface area contributed by atoms with Crippen LogP contribution in [0.2, 0.25) is 0 Å². The number of hydrogen-bond donors (Lipinski definition) is 0. The Bertz CT molecular complexity index is 336. The van der Waals surface area contributed by atoms with Gasteiger partial charge in [0.2, 0.25) is 0 Å². The van der Waals surface area contributed by atoms with Crippen molar-refractivity contribution < 1.29 is 18.0 Å². The molecule has 0 spiro atoms. The fraction of sp³-hybridized carbons (Fsp3) is 0.125. The lowest BCUT2D eigenvalue weighted by atomic mass is 10.1. The molecule has 0 N–H and O–H groups in total. The number of alkyl halides is 3. The molecule has 1 aromatic carbocycles. The van der Waals surface area contributed by atoms with Crippen LogP contribution in [0.15, 0.2) is 30.3 Å². The molecule has 0 aliphatic rings. The van der Waals surface area contributed by atoms with Crippen LogP contribution in [0.3, 0.4) is 0 Å². The van der Waals surface area contributed by atoms with E-state index in [1.165, 1.54) is 24.3 Å². The molecule has 0 bridgehead atoms. The van der Waals surface area contributed by atoms with E-state index in [1.54, 1.807) is 6.07 Å². The van der Waals surface area contributed by atoms with Gasteiger partial charge in [0.05, 0.1) is 5.56 Å². The second-order valence-corrected chi connectivity index (χ2v) is 2.31. The molecule has 0 aliphatic carbocycles. The first kappa shape index (κ1) is 9.48. The summed E-state index contributed by atoms with van der Waals surface area (Å²) in [5, 5.41) is 0. The number of nitrogens with zero attached hydrogens (tertiary/aromatic N) is 2. The summed E-state index contributed by atoms with van der Waals surface area (Å²) in [6, 6.07) is 6.90. The molecule has 0 fully saturated rings. The third-order valence-corrected chi connectivity index (χ3v) is 1.42. The van der Waals surface area contributed by atoms with Crippen molar-refractivity contribution in [2.45, 2.75) is 6.18 Å². The molecule has 0 aliphatic heterocycles. The summed E-state index contributed by atoms with van der Waals surface area (Å²) >= 11 is 0. The van der Waals surface area contributed by atoms with Crippen molar-refractivity contribution >= 4 is 5.71 Å². The molecule has 0 saturated heterocycles. The largest absolute Gasteiger partial charge is 0.495 e. The van der Waals surface area contributed by atoms with Gasteiger partial charge in [0, 0.05) is 0 Å². The lowest BCUT2D eigenvalue weighted by Crippen LogP contribution is -2.24. The first-order valence-electron chi connectivity index (χ1n) is 3.40. The number of halogens is 3. The van der Waals surface area contributed by atoms with Gasteiger partial charge in [-0.2, -0.15) is 18.0 Å². The van der Waals surface area contributed by atoms with Crippen LogP contribution in [0.25, 0.3) is 5.53 Å². The van der Waals surface area contributed by atoms with Gasteiger partial charge >= 0.3 is 11.9 Å². The third kappa shape index (κ3) is 2.16. The molecule has 0 radical (unpaired) electrons. The van der Waals surface area contributed by atoms with Crippen molar-refractivity contribution in [2.75, 3.05) is 0 Å². The number of benzene rings is 1. The zero-order chi connectivity index (χ0) is 9.90. The van der Waals surface area contributed by atoms with Crippen LogP contribution in [0.1, 0.15) is 5.56 Å². The van der Waals surface area contributed by atoms with E-state index >= 15 is 0 Å². The number of hydrogen-bond acceptors (Lipinski definition) is 0. The maximum atomic E-state index is 12.1. The predicted molar refractivity (Wildman–Crippen MR) is 40.2 cm³/mol. The van der Waals surface area contributed by atoms with Gasteiger partial charge in [-0.25, -0.2) is 0 Å². The lowest BCUT2D eigenvalue weighted by Gasteiger charge is -1.99. The van der Waals surface area contributed by atoms with Gasteiger partial charge < -0.3 is 5.53 Å². The fourth-order valence-corrected chi connectivity index (χ4v) is 0.874. The van der Waals surface area contributed by atoms with Crippen LogP contribution in [0.4, 0.5) is 13.2 Å². The minimum absolute atomic E-state index is 0.155. The zero-order valence-corrected chi connectivity index (χ0v) is 6.42. The van der Waals surface area contributed by atoms with E-state index in [1.807, 2.05) is 0 Å². The zero-order valence-electron chi connectivity index (χ0n) is 6.42. The van der Waals surface area contributed by atoms with E-state index in [9.17, 15) is 13.2 Å². The Morgan fingerprint density at radius 1 is 1.15 bits per heavy atom. The summed E-state index contributed by atoms with van der Waals surface area (Å²) in [5.74, 6) is 0. The molecule has 0 atom stereocenters. The van der Waals surface area contributed by atoms with Crippen molar-refractivity contribution in [3.8, 4) is 0 Å². The van der Waals surface area contributed by atoms with Gasteiger partial charge in [-0.05, 0) is 12.1 Å². The van der Waals surface area contributed by atoms with Gasteiger partial charge in [-0.15, -0.1) is 0 Å². The van der Waals surface area contributed by atoms with Gasteiger partial charge in [0.1, 0.15) is 0 Å². The van der Waals surface area contributed by atoms with Crippen LogP contribution in [-0.4, -0.2) is 16.7 Å².